The number of aromatic nitrogens is 4. The molecule has 0 saturated carbocycles. The molecule has 0 unspecified atom stereocenters. The summed E-state index contributed by atoms with van der Waals surface area (Å²) in [5, 5.41) is 23.9. The van der Waals surface area contributed by atoms with Gasteiger partial charge in [0, 0.05) is 75.7 Å². The summed E-state index contributed by atoms with van der Waals surface area (Å²) in [5.41, 5.74) is 8.71. The molecule has 2 atom stereocenters. The van der Waals surface area contributed by atoms with E-state index in [4.69, 9.17) is 10.8 Å². The van der Waals surface area contributed by atoms with Crippen LogP contribution in [-0.2, 0) is 9.59 Å². The van der Waals surface area contributed by atoms with E-state index >= 15 is 4.39 Å². The van der Waals surface area contributed by atoms with Crippen LogP contribution in [0.25, 0.3) is 10.9 Å². The SMILES string of the molecule is Nc1nccc(C(=O)Nc2cc3cn(C4CCN(CC5CCN(c6ccc(C(=O)N[C@H]7CCC(=O)NC7=O)c(F)c6)CC5)CC4)nc3cc2N2CC[C@H](O)C2)n1. The molecule has 4 amide bonds. The summed E-state index contributed by atoms with van der Waals surface area (Å²) in [6.07, 6.45) is 7.88. The Labute approximate surface area is 322 Å². The average Bonchev–Trinajstić information content (AvgIpc) is 3.82. The van der Waals surface area contributed by atoms with Crippen LogP contribution in [0.2, 0.25) is 0 Å². The van der Waals surface area contributed by atoms with Crippen molar-refractivity contribution in [2.45, 2.75) is 63.1 Å². The molecule has 17 heteroatoms. The maximum absolute atomic E-state index is 15.1. The number of amides is 4. The van der Waals surface area contributed by atoms with Crippen molar-refractivity contribution in [2.75, 3.05) is 66.7 Å². The number of halogens is 1. The smallest absolute Gasteiger partial charge is 0.274 e. The van der Waals surface area contributed by atoms with E-state index in [0.29, 0.717) is 31.1 Å². The lowest BCUT2D eigenvalue weighted by atomic mass is 9.94. The largest absolute Gasteiger partial charge is 0.391 e. The highest BCUT2D eigenvalue weighted by Gasteiger charge is 2.31. The van der Waals surface area contributed by atoms with Gasteiger partial charge < -0.3 is 36.2 Å². The van der Waals surface area contributed by atoms with Gasteiger partial charge in [-0.05, 0) is 80.8 Å². The molecule has 2 aromatic carbocycles. The van der Waals surface area contributed by atoms with Gasteiger partial charge in [-0.25, -0.2) is 14.4 Å². The molecule has 6 heterocycles. The van der Waals surface area contributed by atoms with Crippen molar-refractivity contribution < 1.29 is 28.7 Å². The van der Waals surface area contributed by atoms with E-state index in [2.05, 4.69) is 45.3 Å². The number of piperidine rings is 3. The molecule has 4 aliphatic heterocycles. The maximum Gasteiger partial charge on any atom is 0.274 e. The Morgan fingerprint density at radius 2 is 1.73 bits per heavy atom. The Balaban J connectivity index is 0.846. The van der Waals surface area contributed by atoms with E-state index in [-0.39, 0.29) is 42.0 Å². The Morgan fingerprint density at radius 1 is 0.946 bits per heavy atom. The Hall–Kier alpha value is -5.68. The number of nitrogens with zero attached hydrogens (tertiary/aromatic N) is 7. The number of nitrogens with one attached hydrogen (secondary N) is 3. The summed E-state index contributed by atoms with van der Waals surface area (Å²) in [4.78, 5) is 64.0. The second kappa shape index (κ2) is 15.8. The molecule has 4 saturated heterocycles. The zero-order valence-electron chi connectivity index (χ0n) is 31.0. The number of imide groups is 1. The Morgan fingerprint density at radius 3 is 2.45 bits per heavy atom. The molecule has 0 bridgehead atoms. The van der Waals surface area contributed by atoms with Crippen LogP contribution in [0.15, 0.2) is 48.8 Å². The van der Waals surface area contributed by atoms with Gasteiger partial charge in [0.15, 0.2) is 0 Å². The quantitative estimate of drug-likeness (QED) is 0.156. The lowest BCUT2D eigenvalue weighted by Crippen LogP contribution is -2.52. The van der Waals surface area contributed by atoms with Crippen molar-refractivity contribution in [3.05, 3.63) is 65.9 Å². The van der Waals surface area contributed by atoms with Crippen molar-refractivity contribution in [1.82, 2.24) is 35.3 Å². The number of nitrogen functional groups attached to an aromatic ring is 1. The van der Waals surface area contributed by atoms with Crippen LogP contribution in [0.3, 0.4) is 0 Å². The van der Waals surface area contributed by atoms with Gasteiger partial charge in [-0.2, -0.15) is 5.10 Å². The molecule has 0 aliphatic carbocycles. The molecule has 56 heavy (non-hydrogen) atoms. The minimum Gasteiger partial charge on any atom is -0.391 e. The third-order valence-corrected chi connectivity index (χ3v) is 11.5. The second-order valence-corrected chi connectivity index (χ2v) is 15.3. The number of nitrogens with two attached hydrogens (primary N) is 1. The summed E-state index contributed by atoms with van der Waals surface area (Å²) in [5.74, 6) is -2.14. The fraction of sp³-hybridized carbons (Fsp3) is 0.462. The molecule has 4 aliphatic rings. The number of rotatable bonds is 9. The lowest BCUT2D eigenvalue weighted by Gasteiger charge is -2.38. The summed E-state index contributed by atoms with van der Waals surface area (Å²) in [6.45, 7) is 5.61. The highest BCUT2D eigenvalue weighted by Crippen LogP contribution is 2.35. The van der Waals surface area contributed by atoms with Gasteiger partial charge in [0.05, 0.1) is 34.6 Å². The predicted octanol–water partition coefficient (Wildman–Crippen LogP) is 2.46. The molecule has 16 nitrogen and oxygen atoms in total. The highest BCUT2D eigenvalue weighted by molar-refractivity contribution is 6.07. The number of likely N-dealkylation sites (tertiary alicyclic amines) is 1. The van der Waals surface area contributed by atoms with Crippen LogP contribution in [0.1, 0.15) is 71.8 Å². The number of hydrogen-bond acceptors (Lipinski definition) is 12. The molecule has 0 spiro atoms. The molecular formula is C39H46FN11O5. The number of carbonyl (C=O) groups is 4. The number of anilines is 4. The number of aliphatic hydroxyl groups is 1. The standard InChI is InChI=1S/C39H46FN11O5/c40-29-18-26(1-2-28(29)36(54)43-30-3-4-35(53)46-38(30)56)49-14-6-23(7-15-49)20-48-12-8-25(9-13-48)51-21-24-17-33(44-37(55)31-5-11-42-39(41)45-31)34(19-32(24)47-51)50-16-10-27(52)22-50/h1-2,5,11,17-19,21,23,25,27,30,52H,3-4,6-10,12-16,20,22H2,(H,43,54)(H,44,55)(H2,41,42,45)(H,46,53,56)/t27-,30-/m0/s1. The number of hydrogen-bond donors (Lipinski definition) is 5. The monoisotopic (exact) mass is 767 g/mol. The Bertz CT molecular complexity index is 2150. The van der Waals surface area contributed by atoms with Crippen LogP contribution in [0.4, 0.5) is 27.4 Å². The Kier molecular flexibility index (Phi) is 10.5. The van der Waals surface area contributed by atoms with Crippen LogP contribution in [0.5, 0.6) is 0 Å². The summed E-state index contributed by atoms with van der Waals surface area (Å²) >= 11 is 0. The van der Waals surface area contributed by atoms with Crippen molar-refractivity contribution >= 4 is 57.5 Å². The zero-order valence-corrected chi connectivity index (χ0v) is 31.0. The van der Waals surface area contributed by atoms with Crippen LogP contribution in [0, 0.1) is 11.7 Å². The molecular weight excluding hydrogens is 721 g/mol. The van der Waals surface area contributed by atoms with E-state index in [1.54, 1.807) is 6.07 Å². The third-order valence-electron chi connectivity index (χ3n) is 11.5. The average molecular weight is 768 g/mol. The second-order valence-electron chi connectivity index (χ2n) is 15.3. The van der Waals surface area contributed by atoms with E-state index in [1.165, 1.54) is 24.4 Å². The minimum atomic E-state index is -0.866. The molecule has 4 aromatic rings. The van der Waals surface area contributed by atoms with E-state index < -0.39 is 35.7 Å². The first-order valence-electron chi connectivity index (χ1n) is 19.3. The lowest BCUT2D eigenvalue weighted by molar-refractivity contribution is -0.134. The van der Waals surface area contributed by atoms with Crippen molar-refractivity contribution in [3.8, 4) is 0 Å². The van der Waals surface area contributed by atoms with Gasteiger partial charge in [-0.1, -0.05) is 0 Å². The number of β-amino-alcohol motifs (C(OH)–C–C–N with tert-alkyl or cyclic N) is 1. The zero-order chi connectivity index (χ0) is 38.9. The first-order chi connectivity index (χ1) is 27.1. The van der Waals surface area contributed by atoms with Crippen molar-refractivity contribution in [2.24, 2.45) is 5.92 Å². The van der Waals surface area contributed by atoms with E-state index in [9.17, 15) is 24.3 Å². The first kappa shape index (κ1) is 37.3. The van der Waals surface area contributed by atoms with E-state index in [0.717, 1.165) is 80.7 Å². The summed E-state index contributed by atoms with van der Waals surface area (Å²) in [7, 11) is 0. The molecule has 294 valence electrons. The van der Waals surface area contributed by atoms with Gasteiger partial charge in [0.25, 0.3) is 11.8 Å². The van der Waals surface area contributed by atoms with Crippen molar-refractivity contribution in [1.29, 1.82) is 0 Å². The summed E-state index contributed by atoms with van der Waals surface area (Å²) in [6, 6.07) is 9.40. The van der Waals surface area contributed by atoms with Crippen molar-refractivity contribution in [3.63, 3.8) is 0 Å². The van der Waals surface area contributed by atoms with Gasteiger partial charge in [0.2, 0.25) is 17.8 Å². The third kappa shape index (κ3) is 8.14. The number of aliphatic hydroxyl groups excluding tert-OH is 1. The molecule has 4 fully saturated rings. The maximum atomic E-state index is 15.1. The van der Waals surface area contributed by atoms with E-state index in [1.807, 2.05) is 18.3 Å². The summed E-state index contributed by atoms with van der Waals surface area (Å²) < 4.78 is 17.2. The first-order valence-corrected chi connectivity index (χ1v) is 19.3. The van der Waals surface area contributed by atoms with Crippen LogP contribution >= 0.6 is 0 Å². The molecule has 6 N–H and O–H groups in total. The molecule has 8 rings (SSSR count). The fourth-order valence-electron chi connectivity index (χ4n) is 8.33. The molecule has 2 aromatic heterocycles. The van der Waals surface area contributed by atoms with Gasteiger partial charge in [0.1, 0.15) is 17.6 Å². The predicted molar refractivity (Wildman–Crippen MR) is 207 cm³/mol. The highest BCUT2D eigenvalue weighted by atomic mass is 19.1. The topological polar surface area (TPSA) is 204 Å². The van der Waals surface area contributed by atoms with Gasteiger partial charge in [-0.3, -0.25) is 29.2 Å². The van der Waals surface area contributed by atoms with Gasteiger partial charge in [-0.15, -0.1) is 0 Å². The number of benzene rings is 2. The number of carbonyl (C=O) groups excluding carboxylic acids is 4. The normalized spacial score (nSPS) is 21.4. The number of fused-ring (bicyclic) bond motifs is 1. The minimum absolute atomic E-state index is 0.0192. The fourth-order valence-corrected chi connectivity index (χ4v) is 8.33. The van der Waals surface area contributed by atoms with Crippen LogP contribution in [-0.4, -0.2) is 111 Å². The van der Waals surface area contributed by atoms with Gasteiger partial charge >= 0.3 is 0 Å². The molecule has 0 radical (unpaired) electrons. The van der Waals surface area contributed by atoms with Crippen LogP contribution < -0.4 is 31.5 Å².